The van der Waals surface area contributed by atoms with E-state index < -0.39 is 5.97 Å². The number of hydrogen-bond donors (Lipinski definition) is 3. The number of benzene rings is 1. The van der Waals surface area contributed by atoms with Crippen molar-refractivity contribution in [3.63, 3.8) is 0 Å². The number of hydrazine groups is 1. The van der Waals surface area contributed by atoms with Gasteiger partial charge in [-0.1, -0.05) is 6.58 Å². The Morgan fingerprint density at radius 1 is 1.31 bits per heavy atom. The summed E-state index contributed by atoms with van der Waals surface area (Å²) in [7, 11) is 0. The number of nitrogens with one attached hydrogen (secondary N) is 2. The number of carbonyl (C=O) groups is 1. The first-order chi connectivity index (χ1) is 7.66. The molecule has 0 spiro atoms. The molecular formula is C12H14N2O2. The van der Waals surface area contributed by atoms with Crippen molar-refractivity contribution in [3.8, 4) is 0 Å². The maximum absolute atomic E-state index is 10.6. The highest BCUT2D eigenvalue weighted by Crippen LogP contribution is 2.33. The number of rotatable bonds is 5. The van der Waals surface area contributed by atoms with Gasteiger partial charge in [0.1, 0.15) is 0 Å². The van der Waals surface area contributed by atoms with Crippen LogP contribution < -0.4 is 10.9 Å². The topological polar surface area (TPSA) is 61.4 Å². The summed E-state index contributed by atoms with van der Waals surface area (Å²) in [6, 6.07) is 6.56. The molecule has 0 atom stereocenters. The van der Waals surface area contributed by atoms with E-state index in [1.54, 1.807) is 24.3 Å². The summed E-state index contributed by atoms with van der Waals surface area (Å²) in [5.74, 6) is -0.326. The van der Waals surface area contributed by atoms with Crippen molar-refractivity contribution >= 4 is 11.7 Å². The van der Waals surface area contributed by atoms with Crippen LogP contribution in [0, 0.1) is 5.92 Å². The van der Waals surface area contributed by atoms with Crippen LogP contribution >= 0.6 is 0 Å². The molecule has 0 aliphatic heterocycles. The van der Waals surface area contributed by atoms with Crippen molar-refractivity contribution in [2.45, 2.75) is 12.8 Å². The number of hydrogen-bond acceptors (Lipinski definition) is 3. The van der Waals surface area contributed by atoms with Crippen LogP contribution in [0.5, 0.6) is 0 Å². The first-order valence-electron chi connectivity index (χ1n) is 5.21. The van der Waals surface area contributed by atoms with Crippen LogP contribution in [0.15, 0.2) is 36.5 Å². The van der Waals surface area contributed by atoms with E-state index in [-0.39, 0.29) is 5.56 Å². The highest BCUT2D eigenvalue weighted by atomic mass is 16.4. The molecule has 0 bridgehead atoms. The summed E-state index contributed by atoms with van der Waals surface area (Å²) in [5.41, 5.74) is 8.10. The highest BCUT2D eigenvalue weighted by Gasteiger charge is 2.24. The summed E-state index contributed by atoms with van der Waals surface area (Å²) in [4.78, 5) is 10.6. The van der Waals surface area contributed by atoms with Crippen molar-refractivity contribution in [1.82, 2.24) is 5.43 Å². The lowest BCUT2D eigenvalue weighted by molar-refractivity contribution is 0.0697. The van der Waals surface area contributed by atoms with Gasteiger partial charge in [0.05, 0.1) is 11.3 Å². The molecule has 0 amide bonds. The summed E-state index contributed by atoms with van der Waals surface area (Å²) < 4.78 is 0. The molecule has 1 aliphatic rings. The summed E-state index contributed by atoms with van der Waals surface area (Å²) in [6.07, 6.45) is 2.40. The second-order valence-corrected chi connectivity index (χ2v) is 3.93. The van der Waals surface area contributed by atoms with Gasteiger partial charge in [-0.3, -0.25) is 0 Å². The first kappa shape index (κ1) is 10.5. The molecule has 1 aliphatic carbocycles. The molecule has 1 saturated carbocycles. The zero-order chi connectivity index (χ0) is 11.5. The monoisotopic (exact) mass is 218 g/mol. The third-order valence-corrected chi connectivity index (χ3v) is 2.57. The van der Waals surface area contributed by atoms with Gasteiger partial charge in [0.25, 0.3) is 0 Å². The Labute approximate surface area is 94.0 Å². The van der Waals surface area contributed by atoms with Gasteiger partial charge in [0, 0.05) is 5.70 Å². The second-order valence-electron chi connectivity index (χ2n) is 3.93. The normalized spacial score (nSPS) is 14.2. The van der Waals surface area contributed by atoms with Crippen LogP contribution in [0.25, 0.3) is 0 Å². The zero-order valence-electron chi connectivity index (χ0n) is 8.86. The minimum Gasteiger partial charge on any atom is -0.478 e. The van der Waals surface area contributed by atoms with E-state index in [9.17, 15) is 4.79 Å². The highest BCUT2D eigenvalue weighted by molar-refractivity contribution is 5.87. The van der Waals surface area contributed by atoms with Crippen LogP contribution in [-0.2, 0) is 0 Å². The molecule has 2 rings (SSSR count). The molecule has 0 unspecified atom stereocenters. The smallest absolute Gasteiger partial charge is 0.335 e. The predicted octanol–water partition coefficient (Wildman–Crippen LogP) is 2.22. The molecule has 1 aromatic rings. The van der Waals surface area contributed by atoms with E-state index in [2.05, 4.69) is 17.4 Å². The Bertz CT molecular complexity index is 408. The van der Waals surface area contributed by atoms with E-state index >= 15 is 0 Å². The van der Waals surface area contributed by atoms with E-state index in [0.29, 0.717) is 5.92 Å². The fourth-order valence-electron chi connectivity index (χ4n) is 1.38. The Morgan fingerprint density at radius 3 is 2.44 bits per heavy atom. The van der Waals surface area contributed by atoms with Gasteiger partial charge in [0.2, 0.25) is 0 Å². The molecule has 4 nitrogen and oxygen atoms in total. The average Bonchev–Trinajstić information content (AvgIpc) is 3.10. The van der Waals surface area contributed by atoms with Crippen molar-refractivity contribution < 1.29 is 9.90 Å². The number of allylic oxidation sites excluding steroid dienone is 1. The fourth-order valence-corrected chi connectivity index (χ4v) is 1.38. The summed E-state index contributed by atoms with van der Waals surface area (Å²) >= 11 is 0. The lowest BCUT2D eigenvalue weighted by Gasteiger charge is -2.11. The first-order valence-corrected chi connectivity index (χ1v) is 5.21. The summed E-state index contributed by atoms with van der Waals surface area (Å²) in [6.45, 7) is 3.91. The average molecular weight is 218 g/mol. The molecule has 0 radical (unpaired) electrons. The van der Waals surface area contributed by atoms with Gasteiger partial charge in [-0.05, 0) is 43.0 Å². The Hall–Kier alpha value is -1.97. The van der Waals surface area contributed by atoms with Crippen molar-refractivity contribution in [2.75, 3.05) is 5.43 Å². The molecule has 16 heavy (non-hydrogen) atoms. The Balaban J connectivity index is 1.89. The van der Waals surface area contributed by atoms with Gasteiger partial charge in [-0.25, -0.2) is 4.79 Å². The van der Waals surface area contributed by atoms with E-state index in [0.717, 1.165) is 11.4 Å². The van der Waals surface area contributed by atoms with Gasteiger partial charge in [-0.2, -0.15) is 0 Å². The maximum Gasteiger partial charge on any atom is 0.335 e. The molecule has 1 fully saturated rings. The predicted molar refractivity (Wildman–Crippen MR) is 62.0 cm³/mol. The number of aromatic carboxylic acids is 1. The molecule has 0 heterocycles. The van der Waals surface area contributed by atoms with Gasteiger partial charge < -0.3 is 16.0 Å². The standard InChI is InChI=1S/C12H14N2O2/c1-8(9-2-3-9)13-14-11-6-4-10(5-7-11)12(15)16/h4-7,9,13-14H,1-3H2,(H,15,16). The van der Waals surface area contributed by atoms with E-state index in [1.807, 2.05) is 0 Å². The van der Waals surface area contributed by atoms with Crippen molar-refractivity contribution in [2.24, 2.45) is 5.92 Å². The Morgan fingerprint density at radius 2 is 1.94 bits per heavy atom. The molecule has 0 aromatic heterocycles. The second kappa shape index (κ2) is 4.26. The molecule has 0 saturated heterocycles. The maximum atomic E-state index is 10.6. The van der Waals surface area contributed by atoms with Crippen LogP contribution in [0.4, 0.5) is 5.69 Å². The van der Waals surface area contributed by atoms with Gasteiger partial charge in [0.15, 0.2) is 0 Å². The van der Waals surface area contributed by atoms with Crippen molar-refractivity contribution in [3.05, 3.63) is 42.1 Å². The molecule has 1 aromatic carbocycles. The Kier molecular flexibility index (Phi) is 2.81. The number of carboxylic acid groups (broad SMARTS) is 1. The quantitative estimate of drug-likeness (QED) is 0.663. The van der Waals surface area contributed by atoms with E-state index in [4.69, 9.17) is 5.11 Å². The van der Waals surface area contributed by atoms with Crippen molar-refractivity contribution in [1.29, 1.82) is 0 Å². The number of carboxylic acids is 1. The largest absolute Gasteiger partial charge is 0.478 e. The van der Waals surface area contributed by atoms with E-state index in [1.165, 1.54) is 12.8 Å². The van der Waals surface area contributed by atoms with Gasteiger partial charge in [-0.15, -0.1) is 0 Å². The third-order valence-electron chi connectivity index (χ3n) is 2.57. The van der Waals surface area contributed by atoms with Crippen LogP contribution in [0.1, 0.15) is 23.2 Å². The lowest BCUT2D eigenvalue weighted by Crippen LogP contribution is -2.21. The van der Waals surface area contributed by atoms with Crippen LogP contribution in [0.3, 0.4) is 0 Å². The SMILES string of the molecule is C=C(NNc1ccc(C(=O)O)cc1)C1CC1. The van der Waals surface area contributed by atoms with Crippen LogP contribution in [-0.4, -0.2) is 11.1 Å². The zero-order valence-corrected chi connectivity index (χ0v) is 8.86. The molecule has 3 N–H and O–H groups in total. The third kappa shape index (κ3) is 2.53. The number of anilines is 1. The fraction of sp³-hybridized carbons (Fsp3) is 0.250. The van der Waals surface area contributed by atoms with Crippen LogP contribution in [0.2, 0.25) is 0 Å². The van der Waals surface area contributed by atoms with Gasteiger partial charge >= 0.3 is 5.97 Å². The molecule has 4 heteroatoms. The summed E-state index contributed by atoms with van der Waals surface area (Å²) in [5, 5.41) is 8.72. The minimum absolute atomic E-state index is 0.284. The minimum atomic E-state index is -0.915. The molecular weight excluding hydrogens is 204 g/mol. The lowest BCUT2D eigenvalue weighted by atomic mass is 10.2. The molecule has 84 valence electrons.